The van der Waals surface area contributed by atoms with Crippen molar-refractivity contribution in [2.24, 2.45) is 0 Å². The van der Waals surface area contributed by atoms with E-state index in [4.69, 9.17) is 11.6 Å². The molecule has 1 aromatic heterocycles. The molecule has 5 nitrogen and oxygen atoms in total. The van der Waals surface area contributed by atoms with Gasteiger partial charge in [0.25, 0.3) is 11.7 Å². The molecule has 1 aliphatic heterocycles. The van der Waals surface area contributed by atoms with Gasteiger partial charge in [-0.1, -0.05) is 53.6 Å². The molecular weight excluding hydrogens is 400 g/mol. The molecule has 30 heavy (non-hydrogen) atoms. The van der Waals surface area contributed by atoms with E-state index in [1.807, 2.05) is 31.2 Å². The highest BCUT2D eigenvalue weighted by Gasteiger charge is 2.46. The zero-order chi connectivity index (χ0) is 21.3. The minimum Gasteiger partial charge on any atom is -0.507 e. The van der Waals surface area contributed by atoms with Crippen LogP contribution in [-0.4, -0.2) is 26.7 Å². The van der Waals surface area contributed by atoms with Crippen LogP contribution in [0.5, 0.6) is 0 Å². The van der Waals surface area contributed by atoms with Crippen LogP contribution < -0.4 is 0 Å². The van der Waals surface area contributed by atoms with Crippen LogP contribution in [0, 0.1) is 6.92 Å². The van der Waals surface area contributed by atoms with E-state index in [0.29, 0.717) is 10.6 Å². The number of likely N-dealkylation sites (tertiary alicyclic amines) is 1. The van der Waals surface area contributed by atoms with Crippen molar-refractivity contribution in [1.82, 2.24) is 9.88 Å². The number of Topliss-reactive ketones (excluding diaryl/α,β-unsaturated/α-hetero) is 1. The van der Waals surface area contributed by atoms with Gasteiger partial charge in [0.15, 0.2) is 0 Å². The minimum atomic E-state index is -0.715. The summed E-state index contributed by atoms with van der Waals surface area (Å²) in [4.78, 5) is 31.5. The van der Waals surface area contributed by atoms with E-state index in [1.165, 1.54) is 4.90 Å². The number of benzene rings is 2. The second-order valence-electron chi connectivity index (χ2n) is 7.21. The lowest BCUT2D eigenvalue weighted by atomic mass is 9.94. The van der Waals surface area contributed by atoms with Gasteiger partial charge in [-0.3, -0.25) is 14.6 Å². The number of pyridine rings is 1. The lowest BCUT2D eigenvalue weighted by Gasteiger charge is -2.25. The van der Waals surface area contributed by atoms with Crippen LogP contribution in [0.4, 0.5) is 0 Å². The van der Waals surface area contributed by atoms with Crippen LogP contribution in [0.2, 0.25) is 5.02 Å². The van der Waals surface area contributed by atoms with Crippen LogP contribution in [0.25, 0.3) is 5.76 Å². The van der Waals surface area contributed by atoms with Gasteiger partial charge in [-0.25, -0.2) is 0 Å². The number of ketones is 1. The quantitative estimate of drug-likeness (QED) is 0.380. The predicted octanol–water partition coefficient (Wildman–Crippen LogP) is 4.67. The molecule has 1 atom stereocenters. The molecule has 1 N–H and O–H groups in total. The maximum atomic E-state index is 13.0. The van der Waals surface area contributed by atoms with Crippen molar-refractivity contribution in [2.75, 3.05) is 0 Å². The first-order valence-electron chi connectivity index (χ1n) is 9.45. The summed E-state index contributed by atoms with van der Waals surface area (Å²) < 4.78 is 0. The Labute approximate surface area is 179 Å². The second kappa shape index (κ2) is 8.13. The number of amides is 1. The number of carbonyl (C=O) groups excluding carboxylic acids is 2. The van der Waals surface area contributed by atoms with Crippen LogP contribution in [0.15, 0.2) is 78.6 Å². The van der Waals surface area contributed by atoms with Gasteiger partial charge >= 0.3 is 0 Å². The number of aliphatic hydroxyl groups is 1. The van der Waals surface area contributed by atoms with E-state index in [-0.39, 0.29) is 17.9 Å². The summed E-state index contributed by atoms with van der Waals surface area (Å²) in [5.74, 6) is -1.60. The Kier molecular flexibility index (Phi) is 5.38. The lowest BCUT2D eigenvalue weighted by Crippen LogP contribution is -2.29. The highest BCUT2D eigenvalue weighted by atomic mass is 35.5. The smallest absolute Gasteiger partial charge is 0.295 e. The molecule has 1 saturated heterocycles. The van der Waals surface area contributed by atoms with Crippen molar-refractivity contribution in [1.29, 1.82) is 0 Å². The van der Waals surface area contributed by atoms with Crippen LogP contribution >= 0.6 is 11.6 Å². The number of hydrogen-bond donors (Lipinski definition) is 1. The zero-order valence-corrected chi connectivity index (χ0v) is 17.0. The molecule has 0 spiro atoms. The molecule has 1 amide bonds. The van der Waals surface area contributed by atoms with Crippen molar-refractivity contribution in [3.05, 3.63) is 106 Å². The molecule has 0 bridgehead atoms. The van der Waals surface area contributed by atoms with Crippen LogP contribution in [-0.2, 0) is 16.1 Å². The van der Waals surface area contributed by atoms with Crippen molar-refractivity contribution < 1.29 is 14.7 Å². The fourth-order valence-corrected chi connectivity index (χ4v) is 3.90. The number of aromatic nitrogens is 1. The Morgan fingerprint density at radius 2 is 1.80 bits per heavy atom. The Morgan fingerprint density at radius 3 is 2.50 bits per heavy atom. The fourth-order valence-electron chi connectivity index (χ4n) is 3.71. The molecule has 0 radical (unpaired) electrons. The van der Waals surface area contributed by atoms with Gasteiger partial charge in [0.05, 0.1) is 11.6 Å². The Morgan fingerprint density at radius 1 is 1.07 bits per heavy atom. The number of aliphatic hydroxyl groups excluding tert-OH is 1. The van der Waals surface area contributed by atoms with E-state index in [2.05, 4.69) is 4.98 Å². The van der Waals surface area contributed by atoms with Crippen LogP contribution in [0.1, 0.15) is 28.3 Å². The van der Waals surface area contributed by atoms with Crippen LogP contribution in [0.3, 0.4) is 0 Å². The Hall–Kier alpha value is -3.44. The molecule has 2 aromatic carbocycles. The summed E-state index contributed by atoms with van der Waals surface area (Å²) in [6, 6.07) is 17.1. The van der Waals surface area contributed by atoms with Gasteiger partial charge in [0, 0.05) is 29.5 Å². The summed E-state index contributed by atoms with van der Waals surface area (Å²) >= 11 is 6.07. The summed E-state index contributed by atoms with van der Waals surface area (Å²) in [7, 11) is 0. The highest BCUT2D eigenvalue weighted by molar-refractivity contribution is 6.46. The molecule has 0 saturated carbocycles. The molecule has 1 fully saturated rings. The fraction of sp³-hybridized carbons (Fsp3) is 0.125. The van der Waals surface area contributed by atoms with E-state index >= 15 is 0 Å². The monoisotopic (exact) mass is 418 g/mol. The standard InChI is InChI=1S/C24H19ClN2O3/c1-15-4-2-5-17(12-15)21-20(22(28)18-6-3-7-19(25)13-18)23(29)24(30)27(21)14-16-8-10-26-11-9-16/h2-13,21,28H,14H2,1H3/b22-20-. The largest absolute Gasteiger partial charge is 0.507 e. The average molecular weight is 419 g/mol. The summed E-state index contributed by atoms with van der Waals surface area (Å²) in [6.45, 7) is 2.16. The van der Waals surface area contributed by atoms with Crippen molar-refractivity contribution >= 4 is 29.1 Å². The average Bonchev–Trinajstić information content (AvgIpc) is 2.99. The molecule has 1 aliphatic rings. The maximum Gasteiger partial charge on any atom is 0.295 e. The van der Waals surface area contributed by atoms with Gasteiger partial charge in [-0.2, -0.15) is 0 Å². The topological polar surface area (TPSA) is 70.5 Å². The van der Waals surface area contributed by atoms with Crippen molar-refractivity contribution in [3.8, 4) is 0 Å². The molecule has 2 heterocycles. The number of hydrogen-bond acceptors (Lipinski definition) is 4. The lowest BCUT2D eigenvalue weighted by molar-refractivity contribution is -0.140. The predicted molar refractivity (Wildman–Crippen MR) is 115 cm³/mol. The number of nitrogens with zero attached hydrogens (tertiary/aromatic N) is 2. The molecule has 0 aliphatic carbocycles. The number of halogens is 1. The molecule has 1 unspecified atom stereocenters. The first kappa shape index (κ1) is 19.9. The van der Waals surface area contributed by atoms with Gasteiger partial charge in [0.2, 0.25) is 0 Å². The van der Waals surface area contributed by atoms with E-state index in [1.54, 1.807) is 48.8 Å². The van der Waals surface area contributed by atoms with Gasteiger partial charge in [-0.15, -0.1) is 0 Å². The molecule has 6 heteroatoms. The molecule has 150 valence electrons. The highest BCUT2D eigenvalue weighted by Crippen LogP contribution is 2.40. The third-order valence-electron chi connectivity index (χ3n) is 5.10. The zero-order valence-electron chi connectivity index (χ0n) is 16.2. The number of carbonyl (C=O) groups is 2. The molecular formula is C24H19ClN2O3. The Bertz CT molecular complexity index is 1160. The minimum absolute atomic E-state index is 0.0573. The third kappa shape index (κ3) is 3.72. The Balaban J connectivity index is 1.88. The summed E-state index contributed by atoms with van der Waals surface area (Å²) in [5.41, 5.74) is 3.04. The second-order valence-corrected chi connectivity index (χ2v) is 7.64. The van der Waals surface area contributed by atoms with E-state index in [0.717, 1.165) is 16.7 Å². The van der Waals surface area contributed by atoms with Crippen molar-refractivity contribution in [3.63, 3.8) is 0 Å². The van der Waals surface area contributed by atoms with Crippen molar-refractivity contribution in [2.45, 2.75) is 19.5 Å². The summed E-state index contributed by atoms with van der Waals surface area (Å²) in [6.07, 6.45) is 3.28. The van der Waals surface area contributed by atoms with E-state index in [9.17, 15) is 14.7 Å². The number of aryl methyl sites for hydroxylation is 1. The first-order chi connectivity index (χ1) is 14.5. The molecule has 4 rings (SSSR count). The molecule has 3 aromatic rings. The number of rotatable bonds is 4. The maximum absolute atomic E-state index is 13.0. The van der Waals surface area contributed by atoms with Gasteiger partial charge in [0.1, 0.15) is 5.76 Å². The third-order valence-corrected chi connectivity index (χ3v) is 5.33. The SMILES string of the molecule is Cc1cccc(C2/C(=C(/O)c3cccc(Cl)c3)C(=O)C(=O)N2Cc2ccncc2)c1. The normalized spacial score (nSPS) is 18.1. The first-order valence-corrected chi connectivity index (χ1v) is 9.83. The van der Waals surface area contributed by atoms with Gasteiger partial charge < -0.3 is 10.0 Å². The van der Waals surface area contributed by atoms with E-state index < -0.39 is 17.7 Å². The van der Waals surface area contributed by atoms with Gasteiger partial charge in [-0.05, 0) is 42.3 Å². The summed E-state index contributed by atoms with van der Waals surface area (Å²) in [5, 5.41) is 11.5.